The van der Waals surface area contributed by atoms with E-state index in [1.807, 2.05) is 0 Å². The third kappa shape index (κ3) is 3.86. The molecule has 24 heavy (non-hydrogen) atoms. The minimum Gasteiger partial charge on any atom is -0.462 e. The molecule has 0 bridgehead atoms. The first-order valence-corrected chi connectivity index (χ1v) is 7.63. The summed E-state index contributed by atoms with van der Waals surface area (Å²) in [6.07, 6.45) is -7.05. The smallest absolute Gasteiger partial charge is 0.229 e. The molecule has 2 rings (SSSR count). The molecule has 5 atom stereocenters. The molecular formula is C16H24O8. The molecule has 1 heterocycles. The van der Waals surface area contributed by atoms with E-state index < -0.39 is 42.9 Å². The van der Waals surface area contributed by atoms with Crippen LogP contribution in [0.2, 0.25) is 0 Å². The van der Waals surface area contributed by atoms with E-state index in [1.54, 1.807) is 26.0 Å². The summed E-state index contributed by atoms with van der Waals surface area (Å²) in [5, 5.41) is 58.3. The Kier molecular flexibility index (Phi) is 5.82. The van der Waals surface area contributed by atoms with E-state index in [4.69, 9.17) is 9.47 Å². The van der Waals surface area contributed by atoms with Crippen LogP contribution in [-0.2, 0) is 16.9 Å². The Morgan fingerprint density at radius 3 is 2.29 bits per heavy atom. The monoisotopic (exact) mass is 344 g/mol. The number of ether oxygens (including phenoxy) is 2. The Labute approximate surface area is 139 Å². The minimum absolute atomic E-state index is 0.154. The Hall–Kier alpha value is -1.26. The van der Waals surface area contributed by atoms with Gasteiger partial charge in [0.05, 0.1) is 18.8 Å². The van der Waals surface area contributed by atoms with Gasteiger partial charge < -0.3 is 40.1 Å². The Morgan fingerprint density at radius 1 is 1.08 bits per heavy atom. The van der Waals surface area contributed by atoms with Crippen LogP contribution in [-0.4, -0.2) is 68.0 Å². The van der Waals surface area contributed by atoms with Crippen LogP contribution in [0.25, 0.3) is 0 Å². The van der Waals surface area contributed by atoms with Crippen molar-refractivity contribution < 1.29 is 40.1 Å². The Balaban J connectivity index is 2.28. The third-order valence-electron chi connectivity index (χ3n) is 4.04. The van der Waals surface area contributed by atoms with Crippen molar-refractivity contribution >= 4 is 0 Å². The topological polar surface area (TPSA) is 140 Å². The van der Waals surface area contributed by atoms with Gasteiger partial charge in [0, 0.05) is 5.56 Å². The van der Waals surface area contributed by atoms with Crippen LogP contribution in [0.1, 0.15) is 25.0 Å². The second-order valence-corrected chi connectivity index (χ2v) is 6.35. The predicted molar refractivity (Wildman–Crippen MR) is 82.0 cm³/mol. The lowest BCUT2D eigenvalue weighted by Crippen LogP contribution is -2.60. The molecule has 0 unspecified atom stereocenters. The van der Waals surface area contributed by atoms with Crippen LogP contribution in [0.5, 0.6) is 5.75 Å². The van der Waals surface area contributed by atoms with Crippen LogP contribution in [0, 0.1) is 0 Å². The van der Waals surface area contributed by atoms with Crippen LogP contribution in [0.15, 0.2) is 18.2 Å². The Morgan fingerprint density at radius 2 is 1.75 bits per heavy atom. The van der Waals surface area contributed by atoms with Gasteiger partial charge in [-0.3, -0.25) is 0 Å². The molecule has 1 aromatic carbocycles. The quantitative estimate of drug-likeness (QED) is 0.383. The van der Waals surface area contributed by atoms with Crippen molar-refractivity contribution in [2.75, 3.05) is 6.61 Å². The first-order valence-electron chi connectivity index (χ1n) is 7.63. The number of hydrogen-bond donors (Lipinski definition) is 6. The van der Waals surface area contributed by atoms with Crippen molar-refractivity contribution in [3.63, 3.8) is 0 Å². The second kappa shape index (κ2) is 7.32. The number of benzene rings is 1. The van der Waals surface area contributed by atoms with E-state index in [0.717, 1.165) is 0 Å². The van der Waals surface area contributed by atoms with Gasteiger partial charge in [-0.25, -0.2) is 0 Å². The van der Waals surface area contributed by atoms with Crippen LogP contribution >= 0.6 is 0 Å². The molecule has 136 valence electrons. The first kappa shape index (κ1) is 19.1. The molecule has 0 saturated carbocycles. The zero-order chi connectivity index (χ0) is 18.1. The number of aliphatic hydroxyl groups excluding tert-OH is 5. The predicted octanol–water partition coefficient (Wildman–Crippen LogP) is -1.42. The van der Waals surface area contributed by atoms with E-state index >= 15 is 0 Å². The molecular weight excluding hydrogens is 320 g/mol. The first-order chi connectivity index (χ1) is 11.2. The molecule has 1 fully saturated rings. The van der Waals surface area contributed by atoms with Crippen LogP contribution in [0.3, 0.4) is 0 Å². The fraction of sp³-hybridized carbons (Fsp3) is 0.625. The largest absolute Gasteiger partial charge is 0.462 e. The highest BCUT2D eigenvalue weighted by molar-refractivity contribution is 5.39. The van der Waals surface area contributed by atoms with E-state index in [9.17, 15) is 30.6 Å². The van der Waals surface area contributed by atoms with Gasteiger partial charge >= 0.3 is 0 Å². The summed E-state index contributed by atoms with van der Waals surface area (Å²) < 4.78 is 10.8. The summed E-state index contributed by atoms with van der Waals surface area (Å²) in [5.74, 6) is 0.154. The highest BCUT2D eigenvalue weighted by Gasteiger charge is 2.44. The summed E-state index contributed by atoms with van der Waals surface area (Å²) in [5.41, 5.74) is -0.249. The van der Waals surface area contributed by atoms with Gasteiger partial charge in [-0.05, 0) is 25.5 Å². The lowest BCUT2D eigenvalue weighted by atomic mass is 9.96. The van der Waals surface area contributed by atoms with E-state index in [-0.39, 0.29) is 12.4 Å². The maximum Gasteiger partial charge on any atom is 0.229 e. The fourth-order valence-electron chi connectivity index (χ4n) is 2.47. The molecule has 1 aromatic rings. The van der Waals surface area contributed by atoms with Gasteiger partial charge in [0.25, 0.3) is 0 Å². The van der Waals surface area contributed by atoms with Gasteiger partial charge in [-0.2, -0.15) is 0 Å². The second-order valence-electron chi connectivity index (χ2n) is 6.35. The highest BCUT2D eigenvalue weighted by Crippen LogP contribution is 2.30. The summed E-state index contributed by atoms with van der Waals surface area (Å²) in [6, 6.07) is 4.69. The van der Waals surface area contributed by atoms with Gasteiger partial charge in [-0.1, -0.05) is 12.1 Å². The molecule has 0 amide bonds. The molecule has 8 heteroatoms. The summed E-state index contributed by atoms with van der Waals surface area (Å²) in [6.45, 7) is 2.25. The Bertz CT molecular complexity index is 553. The minimum atomic E-state index is -1.56. The number of aliphatic hydroxyl groups is 6. The van der Waals surface area contributed by atoms with Gasteiger partial charge in [0.1, 0.15) is 30.2 Å². The van der Waals surface area contributed by atoms with Crippen LogP contribution < -0.4 is 4.74 Å². The maximum absolute atomic E-state index is 10.1. The molecule has 8 nitrogen and oxygen atoms in total. The SMILES string of the molecule is CC(C)(O)c1ccc(CO)c(O[C@@H]2O[C@H](CO)[C@@H](O)[C@H](O)[C@H]2O)c1. The van der Waals surface area contributed by atoms with Crippen molar-refractivity contribution in [1.29, 1.82) is 0 Å². The van der Waals surface area contributed by atoms with Crippen LogP contribution in [0.4, 0.5) is 0 Å². The van der Waals surface area contributed by atoms with Gasteiger partial charge in [0.2, 0.25) is 6.29 Å². The molecule has 1 aliphatic rings. The summed E-state index contributed by atoms with van der Waals surface area (Å²) >= 11 is 0. The molecule has 0 radical (unpaired) electrons. The highest BCUT2D eigenvalue weighted by atomic mass is 16.7. The maximum atomic E-state index is 10.1. The lowest BCUT2D eigenvalue weighted by Gasteiger charge is -2.39. The van der Waals surface area contributed by atoms with E-state index in [0.29, 0.717) is 11.1 Å². The van der Waals surface area contributed by atoms with E-state index in [2.05, 4.69) is 0 Å². The molecule has 0 aliphatic carbocycles. The summed E-state index contributed by atoms with van der Waals surface area (Å²) in [7, 11) is 0. The number of hydrogen-bond acceptors (Lipinski definition) is 8. The van der Waals surface area contributed by atoms with Crippen molar-refractivity contribution in [3.8, 4) is 5.75 Å². The van der Waals surface area contributed by atoms with E-state index in [1.165, 1.54) is 6.07 Å². The molecule has 1 saturated heterocycles. The average Bonchev–Trinajstić information content (AvgIpc) is 2.54. The van der Waals surface area contributed by atoms with Gasteiger partial charge in [0.15, 0.2) is 0 Å². The molecule has 6 N–H and O–H groups in total. The zero-order valence-corrected chi connectivity index (χ0v) is 13.5. The third-order valence-corrected chi connectivity index (χ3v) is 4.04. The molecule has 0 spiro atoms. The fourth-order valence-corrected chi connectivity index (χ4v) is 2.47. The standard InChI is InChI=1S/C16H24O8/c1-16(2,22)9-4-3-8(6-17)10(5-9)23-15-14(21)13(20)12(19)11(7-18)24-15/h3-5,11-15,17-22H,6-7H2,1-2H3/t11-,12-,13+,14-,15-/m1/s1. The molecule has 1 aliphatic heterocycles. The molecule has 0 aromatic heterocycles. The van der Waals surface area contributed by atoms with Crippen molar-refractivity contribution in [3.05, 3.63) is 29.3 Å². The number of rotatable bonds is 5. The van der Waals surface area contributed by atoms with Gasteiger partial charge in [-0.15, -0.1) is 0 Å². The lowest BCUT2D eigenvalue weighted by molar-refractivity contribution is -0.277. The van der Waals surface area contributed by atoms with Crippen molar-refractivity contribution in [2.24, 2.45) is 0 Å². The van der Waals surface area contributed by atoms with Crippen molar-refractivity contribution in [2.45, 2.75) is 56.8 Å². The average molecular weight is 344 g/mol. The van der Waals surface area contributed by atoms with Crippen molar-refractivity contribution in [1.82, 2.24) is 0 Å². The summed E-state index contributed by atoms with van der Waals surface area (Å²) in [4.78, 5) is 0. The normalized spacial score (nSPS) is 31.1. The zero-order valence-electron chi connectivity index (χ0n) is 13.5.